The van der Waals surface area contributed by atoms with E-state index < -0.39 is 36.1 Å². The molecule has 0 aliphatic heterocycles. The lowest BCUT2D eigenvalue weighted by molar-refractivity contribution is -0.147. The fourth-order valence-electron chi connectivity index (χ4n) is 3.14. The second-order valence-corrected chi connectivity index (χ2v) is 7.78. The van der Waals surface area contributed by atoms with Crippen LogP contribution in [0.25, 0.3) is 0 Å². The van der Waals surface area contributed by atoms with E-state index in [1.54, 1.807) is 6.07 Å². The summed E-state index contributed by atoms with van der Waals surface area (Å²) in [5, 5.41) is 0. The van der Waals surface area contributed by atoms with Crippen LogP contribution >= 0.6 is 0 Å². The van der Waals surface area contributed by atoms with Gasteiger partial charge in [-0.25, -0.2) is 18.8 Å². The number of halogens is 1. The van der Waals surface area contributed by atoms with E-state index in [4.69, 9.17) is 14.2 Å². The van der Waals surface area contributed by atoms with E-state index in [2.05, 4.69) is 19.7 Å². The van der Waals surface area contributed by atoms with Crippen molar-refractivity contribution < 1.29 is 33.0 Å². The molecule has 2 rings (SSSR count). The molecule has 1 aromatic carbocycles. The molecule has 0 amide bonds. The Morgan fingerprint density at radius 3 is 2.03 bits per heavy atom. The highest BCUT2D eigenvalue weighted by molar-refractivity contribution is 5.90. The van der Waals surface area contributed by atoms with Gasteiger partial charge in [-0.1, -0.05) is 25.8 Å². The maximum absolute atomic E-state index is 15.1. The number of esters is 3. The molecule has 31 heavy (non-hydrogen) atoms. The molecule has 1 fully saturated rings. The van der Waals surface area contributed by atoms with Gasteiger partial charge in [-0.05, 0) is 39.7 Å². The van der Waals surface area contributed by atoms with Crippen LogP contribution in [-0.2, 0) is 19.1 Å². The van der Waals surface area contributed by atoms with E-state index in [1.807, 2.05) is 0 Å². The van der Waals surface area contributed by atoms with Crippen LogP contribution in [0.5, 0.6) is 11.5 Å². The molecule has 166 valence electrons. The minimum Gasteiger partial charge on any atom is -0.459 e. The number of carbonyl (C=O) groups is 3. The van der Waals surface area contributed by atoms with Gasteiger partial charge in [0.2, 0.25) is 0 Å². The van der Waals surface area contributed by atoms with Crippen LogP contribution in [0.2, 0.25) is 0 Å². The van der Waals surface area contributed by atoms with Gasteiger partial charge in [-0.15, -0.1) is 0 Å². The second-order valence-electron chi connectivity index (χ2n) is 7.78. The van der Waals surface area contributed by atoms with E-state index in [-0.39, 0.29) is 34.6 Å². The molecular weight excluding hydrogens is 403 g/mol. The average Bonchev–Trinajstić information content (AvgIpc) is 2.68. The minimum atomic E-state index is -1.33. The summed E-state index contributed by atoms with van der Waals surface area (Å²) < 4.78 is 30.9. The van der Waals surface area contributed by atoms with Crippen molar-refractivity contribution in [3.05, 3.63) is 60.2 Å². The van der Waals surface area contributed by atoms with Crippen LogP contribution in [0.3, 0.4) is 0 Å². The van der Waals surface area contributed by atoms with Crippen molar-refractivity contribution in [1.29, 1.82) is 0 Å². The van der Waals surface area contributed by atoms with Crippen molar-refractivity contribution in [2.24, 2.45) is 0 Å². The Kier molecular flexibility index (Phi) is 7.91. The minimum absolute atomic E-state index is 0.0178. The zero-order valence-corrected chi connectivity index (χ0v) is 18.0. The summed E-state index contributed by atoms with van der Waals surface area (Å²) in [6, 6.07) is 4.45. The summed E-state index contributed by atoms with van der Waals surface area (Å²) >= 11 is 0. The largest absolute Gasteiger partial charge is 0.459 e. The van der Waals surface area contributed by atoms with E-state index in [9.17, 15) is 14.4 Å². The van der Waals surface area contributed by atoms with Crippen LogP contribution in [0.4, 0.5) is 4.39 Å². The molecule has 1 aromatic rings. The SMILES string of the molecule is C=C(C)C(=O)Oc1ccc([C@H]2CCC(OC(=O)C(=C)C)CC2F)c(OC(=O)C(=C)C)c1. The quantitative estimate of drug-likeness (QED) is 0.353. The predicted molar refractivity (Wildman–Crippen MR) is 114 cm³/mol. The highest BCUT2D eigenvalue weighted by Gasteiger charge is 2.35. The third-order valence-corrected chi connectivity index (χ3v) is 4.84. The summed E-state index contributed by atoms with van der Waals surface area (Å²) in [4.78, 5) is 35.6. The molecule has 0 radical (unpaired) electrons. The van der Waals surface area contributed by atoms with Crippen LogP contribution < -0.4 is 9.47 Å². The van der Waals surface area contributed by atoms with Crippen molar-refractivity contribution in [3.8, 4) is 11.5 Å². The highest BCUT2D eigenvalue weighted by Crippen LogP contribution is 2.42. The number of hydrogen-bond acceptors (Lipinski definition) is 6. The molecule has 1 aliphatic carbocycles. The first-order chi connectivity index (χ1) is 14.5. The Bertz CT molecular complexity index is 932. The van der Waals surface area contributed by atoms with Gasteiger partial charge >= 0.3 is 17.9 Å². The molecule has 0 bridgehead atoms. The van der Waals surface area contributed by atoms with Crippen molar-refractivity contribution in [3.63, 3.8) is 0 Å². The number of ether oxygens (including phenoxy) is 3. The lowest BCUT2D eigenvalue weighted by atomic mass is 9.80. The molecule has 0 heterocycles. The molecule has 0 spiro atoms. The number of carbonyl (C=O) groups excluding carboxylic acids is 3. The lowest BCUT2D eigenvalue weighted by Crippen LogP contribution is -2.31. The Labute approximate surface area is 181 Å². The van der Waals surface area contributed by atoms with Gasteiger partial charge in [0.05, 0.1) is 0 Å². The molecule has 7 heteroatoms. The Balaban J connectivity index is 2.27. The first kappa shape index (κ1) is 24.1. The van der Waals surface area contributed by atoms with Gasteiger partial charge in [0.1, 0.15) is 23.8 Å². The number of rotatable bonds is 7. The first-order valence-corrected chi connectivity index (χ1v) is 9.89. The highest BCUT2D eigenvalue weighted by atomic mass is 19.1. The van der Waals surface area contributed by atoms with E-state index in [0.717, 1.165) is 0 Å². The standard InChI is InChI=1S/C24H27FO6/c1-13(2)22(26)29-16-7-9-18(20(25)11-16)19-10-8-17(30-23(27)14(3)4)12-21(19)31-24(28)15(5)6/h8,10,12,16,18,20H,1,3,5,7,9,11H2,2,4,6H3/t16?,18-,20?/m1/s1. The molecule has 6 nitrogen and oxygen atoms in total. The van der Waals surface area contributed by atoms with Gasteiger partial charge in [-0.3, -0.25) is 0 Å². The Morgan fingerprint density at radius 1 is 0.903 bits per heavy atom. The average molecular weight is 430 g/mol. The van der Waals surface area contributed by atoms with Gasteiger partial charge in [-0.2, -0.15) is 0 Å². The summed E-state index contributed by atoms with van der Waals surface area (Å²) in [6.07, 6.45) is -1.04. The molecule has 3 atom stereocenters. The van der Waals surface area contributed by atoms with Crippen LogP contribution in [0, 0.1) is 0 Å². The van der Waals surface area contributed by atoms with Gasteiger partial charge in [0, 0.05) is 40.7 Å². The number of alkyl halides is 1. The third-order valence-electron chi connectivity index (χ3n) is 4.84. The smallest absolute Gasteiger partial charge is 0.338 e. The van der Waals surface area contributed by atoms with Crippen LogP contribution in [0.1, 0.15) is 51.5 Å². The molecule has 2 unspecified atom stereocenters. The fraction of sp³-hybridized carbons (Fsp3) is 0.375. The van der Waals surface area contributed by atoms with Gasteiger partial charge in [0.25, 0.3) is 0 Å². The maximum atomic E-state index is 15.1. The number of benzene rings is 1. The molecule has 0 aromatic heterocycles. The zero-order chi connectivity index (χ0) is 23.3. The van der Waals surface area contributed by atoms with Crippen LogP contribution in [0.15, 0.2) is 54.7 Å². The van der Waals surface area contributed by atoms with Crippen molar-refractivity contribution in [2.75, 3.05) is 0 Å². The van der Waals surface area contributed by atoms with Crippen LogP contribution in [-0.4, -0.2) is 30.2 Å². The molecule has 1 saturated carbocycles. The lowest BCUT2D eigenvalue weighted by Gasteiger charge is -2.32. The van der Waals surface area contributed by atoms with E-state index in [1.165, 1.54) is 32.9 Å². The third kappa shape index (κ3) is 6.38. The molecular formula is C24H27FO6. The summed E-state index contributed by atoms with van der Waals surface area (Å²) in [5.74, 6) is -2.21. The van der Waals surface area contributed by atoms with Gasteiger partial charge < -0.3 is 14.2 Å². The second kappa shape index (κ2) is 10.2. The monoisotopic (exact) mass is 430 g/mol. The zero-order valence-electron chi connectivity index (χ0n) is 18.0. The molecule has 1 aliphatic rings. The fourth-order valence-corrected chi connectivity index (χ4v) is 3.14. The van der Waals surface area contributed by atoms with Crippen molar-refractivity contribution >= 4 is 17.9 Å². The number of hydrogen-bond donors (Lipinski definition) is 0. The predicted octanol–water partition coefficient (Wildman–Crippen LogP) is 4.74. The molecule has 0 saturated heterocycles. The van der Waals surface area contributed by atoms with E-state index in [0.29, 0.717) is 18.4 Å². The first-order valence-electron chi connectivity index (χ1n) is 9.89. The topological polar surface area (TPSA) is 78.9 Å². The summed E-state index contributed by atoms with van der Waals surface area (Å²) in [7, 11) is 0. The summed E-state index contributed by atoms with van der Waals surface area (Å²) in [6.45, 7) is 15.1. The van der Waals surface area contributed by atoms with E-state index >= 15 is 4.39 Å². The van der Waals surface area contributed by atoms with Gasteiger partial charge in [0.15, 0.2) is 0 Å². The molecule has 0 N–H and O–H groups in total. The normalized spacial score (nSPS) is 20.3. The summed E-state index contributed by atoms with van der Waals surface area (Å²) in [5.41, 5.74) is 1.09. The van der Waals surface area contributed by atoms with Crippen molar-refractivity contribution in [2.45, 2.75) is 58.2 Å². The maximum Gasteiger partial charge on any atom is 0.338 e. The Hall–Kier alpha value is -3.22. The van der Waals surface area contributed by atoms with Crippen molar-refractivity contribution in [1.82, 2.24) is 0 Å². The Morgan fingerprint density at radius 2 is 1.48 bits per heavy atom.